The topological polar surface area (TPSA) is 40.5 Å². The number of carboxylic acids is 1. The van der Waals surface area contributed by atoms with Crippen LogP contribution in [0.25, 0.3) is 0 Å². The largest absolute Gasteiger partial charge is 0.481 e. The lowest BCUT2D eigenvalue weighted by Crippen LogP contribution is -2.53. The zero-order valence-electron chi connectivity index (χ0n) is 11.0. The second-order valence-electron chi connectivity index (χ2n) is 6.32. The smallest absolute Gasteiger partial charge is 0.303 e. The van der Waals surface area contributed by atoms with Crippen LogP contribution in [0, 0.1) is 17.3 Å². The van der Waals surface area contributed by atoms with Gasteiger partial charge in [-0.25, -0.2) is 0 Å². The van der Waals surface area contributed by atoms with E-state index in [4.69, 9.17) is 5.11 Å². The van der Waals surface area contributed by atoms with Crippen LogP contribution in [-0.4, -0.2) is 35.6 Å². The Balaban J connectivity index is 2.15. The van der Waals surface area contributed by atoms with E-state index in [0.29, 0.717) is 17.8 Å². The van der Waals surface area contributed by atoms with Crippen molar-refractivity contribution in [2.45, 2.75) is 40.5 Å². The van der Waals surface area contributed by atoms with Crippen molar-refractivity contribution in [3.8, 4) is 0 Å². The third kappa shape index (κ3) is 4.12. The minimum absolute atomic E-state index is 0.303. The van der Waals surface area contributed by atoms with Crippen molar-refractivity contribution in [1.82, 2.24) is 4.90 Å². The van der Waals surface area contributed by atoms with Gasteiger partial charge in [-0.2, -0.15) is 0 Å². The number of nitrogens with zero attached hydrogens (tertiary/aromatic N) is 1. The van der Waals surface area contributed by atoms with E-state index in [2.05, 4.69) is 32.6 Å². The average molecular weight is 227 g/mol. The molecule has 1 fully saturated rings. The van der Waals surface area contributed by atoms with E-state index in [9.17, 15) is 4.79 Å². The van der Waals surface area contributed by atoms with E-state index in [0.717, 1.165) is 18.9 Å². The number of aliphatic carboxylic acids is 1. The summed E-state index contributed by atoms with van der Waals surface area (Å²) in [6.45, 7) is 12.4. The van der Waals surface area contributed by atoms with E-state index in [1.54, 1.807) is 0 Å². The Bertz CT molecular complexity index is 239. The van der Waals surface area contributed by atoms with Gasteiger partial charge in [-0.05, 0) is 23.7 Å². The molecule has 0 aromatic carbocycles. The summed E-state index contributed by atoms with van der Waals surface area (Å²) in [6, 6.07) is 0. The van der Waals surface area contributed by atoms with Crippen molar-refractivity contribution in [3.05, 3.63) is 0 Å². The highest BCUT2D eigenvalue weighted by Gasteiger charge is 2.35. The molecule has 0 bridgehead atoms. The first kappa shape index (κ1) is 13.5. The van der Waals surface area contributed by atoms with Crippen LogP contribution in [0.1, 0.15) is 40.5 Å². The Kier molecular flexibility index (Phi) is 4.36. The van der Waals surface area contributed by atoms with E-state index in [1.165, 1.54) is 13.1 Å². The van der Waals surface area contributed by atoms with Crippen molar-refractivity contribution in [2.75, 3.05) is 19.6 Å². The van der Waals surface area contributed by atoms with E-state index in [-0.39, 0.29) is 0 Å². The molecule has 1 aliphatic heterocycles. The van der Waals surface area contributed by atoms with Crippen LogP contribution >= 0.6 is 0 Å². The van der Waals surface area contributed by atoms with Crippen molar-refractivity contribution in [2.24, 2.45) is 17.3 Å². The summed E-state index contributed by atoms with van der Waals surface area (Å²) >= 11 is 0. The quantitative estimate of drug-likeness (QED) is 0.784. The molecule has 1 atom stereocenters. The first-order valence-electron chi connectivity index (χ1n) is 6.23. The highest BCUT2D eigenvalue weighted by atomic mass is 16.4. The third-order valence-corrected chi connectivity index (χ3v) is 3.60. The van der Waals surface area contributed by atoms with Gasteiger partial charge in [0.1, 0.15) is 0 Å². The first-order chi connectivity index (χ1) is 7.29. The summed E-state index contributed by atoms with van der Waals surface area (Å²) in [4.78, 5) is 12.9. The number of carbonyl (C=O) groups is 1. The lowest BCUT2D eigenvalue weighted by molar-refractivity contribution is -0.137. The summed E-state index contributed by atoms with van der Waals surface area (Å²) in [5.74, 6) is 0.624. The predicted octanol–water partition coefficient (Wildman–Crippen LogP) is 2.47. The van der Waals surface area contributed by atoms with Crippen LogP contribution in [0.15, 0.2) is 0 Å². The molecule has 1 saturated heterocycles. The highest BCUT2D eigenvalue weighted by molar-refractivity contribution is 5.66. The number of carboxylic acid groups (broad SMARTS) is 1. The third-order valence-electron chi connectivity index (χ3n) is 3.60. The standard InChI is InChI=1S/C13H25NO2/c1-10(5-6-12(15)16)7-14-8-11(9-14)13(2,3)4/h10-11H,5-9H2,1-4H3,(H,15,16). The fraction of sp³-hybridized carbons (Fsp3) is 0.923. The predicted molar refractivity (Wildman–Crippen MR) is 65.4 cm³/mol. The maximum Gasteiger partial charge on any atom is 0.303 e. The molecule has 0 aromatic rings. The number of likely N-dealkylation sites (tertiary alicyclic amines) is 1. The lowest BCUT2D eigenvalue weighted by atomic mass is 9.76. The van der Waals surface area contributed by atoms with Gasteiger partial charge in [-0.15, -0.1) is 0 Å². The molecular formula is C13H25NO2. The molecule has 1 heterocycles. The molecule has 1 unspecified atom stereocenters. The van der Waals surface area contributed by atoms with Crippen LogP contribution in [0.3, 0.4) is 0 Å². The van der Waals surface area contributed by atoms with Gasteiger partial charge in [0.25, 0.3) is 0 Å². The molecule has 1 N–H and O–H groups in total. The maximum atomic E-state index is 10.4. The van der Waals surface area contributed by atoms with Gasteiger partial charge in [0, 0.05) is 26.1 Å². The second kappa shape index (κ2) is 5.17. The molecule has 94 valence electrons. The Labute approximate surface area is 98.8 Å². The van der Waals surface area contributed by atoms with Crippen LogP contribution in [0.5, 0.6) is 0 Å². The van der Waals surface area contributed by atoms with Gasteiger partial charge in [0.2, 0.25) is 0 Å². The Morgan fingerprint density at radius 2 is 2.00 bits per heavy atom. The number of rotatable bonds is 5. The monoisotopic (exact) mass is 227 g/mol. The molecule has 1 rings (SSSR count). The Hall–Kier alpha value is -0.570. The van der Waals surface area contributed by atoms with Gasteiger partial charge < -0.3 is 10.0 Å². The average Bonchev–Trinajstić information content (AvgIpc) is 2.04. The molecule has 3 heteroatoms. The van der Waals surface area contributed by atoms with Crippen LogP contribution < -0.4 is 0 Å². The summed E-state index contributed by atoms with van der Waals surface area (Å²) in [5, 5.41) is 8.60. The molecule has 0 aliphatic carbocycles. The van der Waals surface area contributed by atoms with Crippen molar-refractivity contribution >= 4 is 5.97 Å². The van der Waals surface area contributed by atoms with Crippen molar-refractivity contribution in [1.29, 1.82) is 0 Å². The van der Waals surface area contributed by atoms with Gasteiger partial charge in [0.05, 0.1) is 0 Å². The molecule has 0 radical (unpaired) electrons. The maximum absolute atomic E-state index is 10.4. The van der Waals surface area contributed by atoms with E-state index < -0.39 is 5.97 Å². The van der Waals surface area contributed by atoms with Crippen LogP contribution in [0.4, 0.5) is 0 Å². The molecule has 0 saturated carbocycles. The minimum Gasteiger partial charge on any atom is -0.481 e. The van der Waals surface area contributed by atoms with Gasteiger partial charge in [0.15, 0.2) is 0 Å². The fourth-order valence-corrected chi connectivity index (χ4v) is 2.17. The molecule has 1 aliphatic rings. The molecule has 3 nitrogen and oxygen atoms in total. The van der Waals surface area contributed by atoms with Gasteiger partial charge >= 0.3 is 5.97 Å². The van der Waals surface area contributed by atoms with Crippen LogP contribution in [-0.2, 0) is 4.79 Å². The summed E-state index contributed by atoms with van der Waals surface area (Å²) in [7, 11) is 0. The first-order valence-corrected chi connectivity index (χ1v) is 6.23. The van der Waals surface area contributed by atoms with Crippen molar-refractivity contribution < 1.29 is 9.90 Å². The normalized spacial score (nSPS) is 20.5. The summed E-state index contributed by atoms with van der Waals surface area (Å²) < 4.78 is 0. The Morgan fingerprint density at radius 1 is 1.44 bits per heavy atom. The van der Waals surface area contributed by atoms with Crippen molar-refractivity contribution in [3.63, 3.8) is 0 Å². The SMILES string of the molecule is CC(CCC(=O)O)CN1CC(C(C)(C)C)C1. The Morgan fingerprint density at radius 3 is 2.44 bits per heavy atom. The summed E-state index contributed by atoms with van der Waals surface area (Å²) in [5.41, 5.74) is 0.417. The lowest BCUT2D eigenvalue weighted by Gasteiger charge is -2.47. The highest BCUT2D eigenvalue weighted by Crippen LogP contribution is 2.33. The van der Waals surface area contributed by atoms with E-state index in [1.807, 2.05) is 0 Å². The number of hydrogen-bond donors (Lipinski definition) is 1. The zero-order chi connectivity index (χ0) is 12.3. The van der Waals surface area contributed by atoms with Gasteiger partial charge in [-0.1, -0.05) is 27.7 Å². The van der Waals surface area contributed by atoms with Gasteiger partial charge in [-0.3, -0.25) is 4.79 Å². The second-order valence-corrected chi connectivity index (χ2v) is 6.32. The minimum atomic E-state index is -0.678. The van der Waals surface area contributed by atoms with E-state index >= 15 is 0 Å². The summed E-state index contributed by atoms with van der Waals surface area (Å²) in [6.07, 6.45) is 1.10. The fourth-order valence-electron chi connectivity index (χ4n) is 2.17. The molecular weight excluding hydrogens is 202 g/mol. The molecule has 0 aromatic heterocycles. The number of hydrogen-bond acceptors (Lipinski definition) is 2. The molecule has 16 heavy (non-hydrogen) atoms. The molecule has 0 amide bonds. The zero-order valence-corrected chi connectivity index (χ0v) is 11.0. The molecule has 0 spiro atoms. The van der Waals surface area contributed by atoms with Crippen LogP contribution in [0.2, 0.25) is 0 Å².